The molecule has 1 rings (SSSR count). The molecule has 0 atom stereocenters. The van der Waals surface area contributed by atoms with Crippen molar-refractivity contribution >= 4 is 0 Å². The maximum absolute atomic E-state index is 5.82. The highest BCUT2D eigenvalue weighted by molar-refractivity contribution is 5.00. The summed E-state index contributed by atoms with van der Waals surface area (Å²) in [5.74, 6) is 0.901. The molecule has 0 aromatic heterocycles. The van der Waals surface area contributed by atoms with Gasteiger partial charge < -0.3 is 5.73 Å². The summed E-state index contributed by atoms with van der Waals surface area (Å²) >= 11 is 0. The van der Waals surface area contributed by atoms with E-state index in [-0.39, 0.29) is 0 Å². The fourth-order valence-corrected chi connectivity index (χ4v) is 2.36. The highest BCUT2D eigenvalue weighted by Gasteiger charge is 2.48. The Balaban J connectivity index is 2.65. The molecule has 0 amide bonds. The van der Waals surface area contributed by atoms with Crippen LogP contribution < -0.4 is 5.73 Å². The molecule has 1 heteroatoms. The minimum Gasteiger partial charge on any atom is -0.330 e. The number of rotatable bonds is 1. The lowest BCUT2D eigenvalue weighted by Crippen LogP contribution is -2.51. The molecule has 0 spiro atoms. The average molecular weight is 155 g/mol. The van der Waals surface area contributed by atoms with E-state index >= 15 is 0 Å². The molecule has 11 heavy (non-hydrogen) atoms. The Kier molecular flexibility index (Phi) is 2.04. The van der Waals surface area contributed by atoms with Crippen LogP contribution in [0.25, 0.3) is 0 Å². The van der Waals surface area contributed by atoms with Gasteiger partial charge in [-0.25, -0.2) is 0 Å². The summed E-state index contributed by atoms with van der Waals surface area (Å²) in [7, 11) is 0. The van der Waals surface area contributed by atoms with Crippen LogP contribution in [0.4, 0.5) is 0 Å². The van der Waals surface area contributed by atoms with Crippen molar-refractivity contribution in [2.24, 2.45) is 22.5 Å². The molecular weight excluding hydrogens is 134 g/mol. The van der Waals surface area contributed by atoms with Gasteiger partial charge in [-0.1, -0.05) is 27.7 Å². The lowest BCUT2D eigenvalue weighted by atomic mass is 9.51. The zero-order valence-electron chi connectivity index (χ0n) is 8.28. The summed E-state index contributed by atoms with van der Waals surface area (Å²) in [5, 5.41) is 0. The van der Waals surface area contributed by atoms with Gasteiger partial charge >= 0.3 is 0 Å². The predicted molar refractivity (Wildman–Crippen MR) is 49.3 cm³/mol. The van der Waals surface area contributed by atoms with E-state index in [1.54, 1.807) is 0 Å². The van der Waals surface area contributed by atoms with Gasteiger partial charge in [0, 0.05) is 0 Å². The second-order valence-corrected chi connectivity index (χ2v) is 5.25. The maximum Gasteiger partial charge on any atom is -0.00153 e. The third kappa shape index (κ3) is 1.31. The number of nitrogens with two attached hydrogens (primary N) is 1. The lowest BCUT2D eigenvalue weighted by Gasteiger charge is -2.54. The van der Waals surface area contributed by atoms with Gasteiger partial charge in [-0.05, 0) is 36.1 Å². The van der Waals surface area contributed by atoms with Crippen LogP contribution in [0.3, 0.4) is 0 Å². The number of hydrogen-bond acceptors (Lipinski definition) is 1. The molecule has 0 saturated heterocycles. The molecule has 1 aliphatic rings. The molecule has 0 radical (unpaired) electrons. The van der Waals surface area contributed by atoms with E-state index in [4.69, 9.17) is 5.73 Å². The van der Waals surface area contributed by atoms with Gasteiger partial charge in [0.1, 0.15) is 0 Å². The smallest absolute Gasteiger partial charge is 0.00153 e. The van der Waals surface area contributed by atoms with E-state index in [1.807, 2.05) is 0 Å². The zero-order valence-corrected chi connectivity index (χ0v) is 8.28. The summed E-state index contributed by atoms with van der Waals surface area (Å²) in [4.78, 5) is 0. The first-order valence-electron chi connectivity index (χ1n) is 4.61. The highest BCUT2D eigenvalue weighted by Crippen LogP contribution is 2.55. The van der Waals surface area contributed by atoms with Crippen molar-refractivity contribution in [3.8, 4) is 0 Å². The van der Waals surface area contributed by atoms with Crippen molar-refractivity contribution in [1.29, 1.82) is 0 Å². The summed E-state index contributed by atoms with van der Waals surface area (Å²) in [6, 6.07) is 0. The van der Waals surface area contributed by atoms with Gasteiger partial charge in [0.25, 0.3) is 0 Å². The molecule has 1 saturated carbocycles. The van der Waals surface area contributed by atoms with Crippen LogP contribution in [0, 0.1) is 16.7 Å². The van der Waals surface area contributed by atoms with Crippen molar-refractivity contribution in [2.45, 2.75) is 40.5 Å². The molecule has 0 heterocycles. The molecule has 66 valence electrons. The quantitative estimate of drug-likeness (QED) is 0.618. The predicted octanol–water partition coefficient (Wildman–Crippen LogP) is 2.41. The third-order valence-electron chi connectivity index (χ3n) is 3.46. The second kappa shape index (κ2) is 2.48. The number of hydrogen-bond donors (Lipinski definition) is 1. The van der Waals surface area contributed by atoms with Crippen LogP contribution >= 0.6 is 0 Å². The van der Waals surface area contributed by atoms with E-state index in [0.29, 0.717) is 10.8 Å². The molecule has 1 aliphatic carbocycles. The Morgan fingerprint density at radius 1 is 1.36 bits per heavy atom. The van der Waals surface area contributed by atoms with Gasteiger partial charge in [0.2, 0.25) is 0 Å². The molecule has 2 N–H and O–H groups in total. The van der Waals surface area contributed by atoms with E-state index in [0.717, 1.165) is 12.5 Å². The fraction of sp³-hybridized carbons (Fsp3) is 1.00. The third-order valence-corrected chi connectivity index (χ3v) is 3.46. The molecule has 0 unspecified atom stereocenters. The minimum atomic E-state index is 0.397. The van der Waals surface area contributed by atoms with Crippen LogP contribution in [0.15, 0.2) is 0 Å². The van der Waals surface area contributed by atoms with Crippen molar-refractivity contribution in [3.63, 3.8) is 0 Å². The SMILES string of the molecule is CC1CC(CN)(C(C)(C)C)C1. The minimum absolute atomic E-state index is 0.397. The molecule has 0 aromatic rings. The maximum atomic E-state index is 5.82. The van der Waals surface area contributed by atoms with Crippen molar-refractivity contribution in [2.75, 3.05) is 6.54 Å². The Morgan fingerprint density at radius 2 is 1.82 bits per heavy atom. The van der Waals surface area contributed by atoms with E-state index in [9.17, 15) is 0 Å². The Labute approximate surface area is 70.4 Å². The largest absolute Gasteiger partial charge is 0.330 e. The molecular formula is C10H21N. The lowest BCUT2D eigenvalue weighted by molar-refractivity contribution is -0.0352. The molecule has 0 bridgehead atoms. The van der Waals surface area contributed by atoms with Gasteiger partial charge in [0.05, 0.1) is 0 Å². The highest BCUT2D eigenvalue weighted by atomic mass is 14.7. The van der Waals surface area contributed by atoms with Crippen molar-refractivity contribution in [1.82, 2.24) is 0 Å². The van der Waals surface area contributed by atoms with Crippen molar-refractivity contribution < 1.29 is 0 Å². The van der Waals surface area contributed by atoms with E-state index < -0.39 is 0 Å². The topological polar surface area (TPSA) is 26.0 Å². The fourth-order valence-electron chi connectivity index (χ4n) is 2.36. The normalized spacial score (nSPS) is 38.5. The van der Waals surface area contributed by atoms with E-state index in [2.05, 4.69) is 27.7 Å². The van der Waals surface area contributed by atoms with Crippen LogP contribution in [0.2, 0.25) is 0 Å². The van der Waals surface area contributed by atoms with Crippen LogP contribution in [-0.4, -0.2) is 6.54 Å². The first-order valence-corrected chi connectivity index (χ1v) is 4.61. The van der Waals surface area contributed by atoms with Crippen LogP contribution in [-0.2, 0) is 0 Å². The summed E-state index contributed by atoms with van der Waals surface area (Å²) in [5.41, 5.74) is 6.67. The van der Waals surface area contributed by atoms with Crippen molar-refractivity contribution in [3.05, 3.63) is 0 Å². The monoisotopic (exact) mass is 155 g/mol. The summed E-state index contributed by atoms with van der Waals surface area (Å²) in [6.45, 7) is 10.1. The Bertz CT molecular complexity index is 137. The van der Waals surface area contributed by atoms with Gasteiger partial charge in [-0.2, -0.15) is 0 Å². The van der Waals surface area contributed by atoms with Gasteiger partial charge in [-0.3, -0.25) is 0 Å². The average Bonchev–Trinajstić information content (AvgIpc) is 1.77. The first-order chi connectivity index (χ1) is 4.91. The van der Waals surface area contributed by atoms with Gasteiger partial charge in [-0.15, -0.1) is 0 Å². The molecule has 0 aliphatic heterocycles. The first kappa shape index (κ1) is 9.05. The summed E-state index contributed by atoms with van der Waals surface area (Å²) < 4.78 is 0. The van der Waals surface area contributed by atoms with E-state index in [1.165, 1.54) is 12.8 Å². The Morgan fingerprint density at radius 3 is 1.91 bits per heavy atom. The molecule has 1 nitrogen and oxygen atoms in total. The standard InChI is InChI=1S/C10H21N/c1-8-5-10(6-8,7-11)9(2,3)4/h8H,5-7,11H2,1-4H3. The Hall–Kier alpha value is -0.0400. The molecule has 1 fully saturated rings. The van der Waals surface area contributed by atoms with Crippen LogP contribution in [0.5, 0.6) is 0 Å². The second-order valence-electron chi connectivity index (χ2n) is 5.25. The van der Waals surface area contributed by atoms with Gasteiger partial charge in [0.15, 0.2) is 0 Å². The zero-order chi connectivity index (χ0) is 8.70. The summed E-state index contributed by atoms with van der Waals surface area (Å²) in [6.07, 6.45) is 2.65. The molecule has 0 aromatic carbocycles. The van der Waals surface area contributed by atoms with Crippen LogP contribution in [0.1, 0.15) is 40.5 Å².